The molecule has 2 aliphatic heterocycles. The number of nitrogens with zero attached hydrogens (tertiary/aromatic N) is 4. The van der Waals surface area contributed by atoms with E-state index in [-0.39, 0.29) is 5.75 Å². The van der Waals surface area contributed by atoms with E-state index in [1.807, 2.05) is 47.0 Å². The highest BCUT2D eigenvalue weighted by atomic mass is 79.9. The second-order valence-electron chi connectivity index (χ2n) is 12.0. The third kappa shape index (κ3) is 7.92. The van der Waals surface area contributed by atoms with E-state index >= 15 is 0 Å². The zero-order chi connectivity index (χ0) is 34.3. The van der Waals surface area contributed by atoms with Crippen LogP contribution in [0, 0.1) is 0 Å². The summed E-state index contributed by atoms with van der Waals surface area (Å²) in [6.45, 7) is 4.41. The first-order chi connectivity index (χ1) is 23.9. The first-order valence-corrected chi connectivity index (χ1v) is 18.0. The maximum atomic E-state index is 10.2. The maximum absolute atomic E-state index is 10.2. The molecular formula is C36H42Br2N4O7. The lowest BCUT2D eigenvalue weighted by Crippen LogP contribution is -2.18. The van der Waals surface area contributed by atoms with Crippen LogP contribution in [0.5, 0.6) is 17.2 Å². The van der Waals surface area contributed by atoms with Crippen LogP contribution in [-0.2, 0) is 39.0 Å². The molecular weight excluding hydrogens is 760 g/mol. The summed E-state index contributed by atoms with van der Waals surface area (Å²) >= 11 is 6.97. The molecule has 0 spiro atoms. The number of aromatic hydroxyl groups is 1. The van der Waals surface area contributed by atoms with Crippen molar-refractivity contribution in [1.82, 2.24) is 19.1 Å². The lowest BCUT2D eigenvalue weighted by atomic mass is 9.99. The third-order valence-electron chi connectivity index (χ3n) is 8.96. The van der Waals surface area contributed by atoms with Gasteiger partial charge in [-0.15, -0.1) is 0 Å². The van der Waals surface area contributed by atoms with Crippen LogP contribution in [-0.4, -0.2) is 72.0 Å². The van der Waals surface area contributed by atoms with Crippen molar-refractivity contribution in [2.24, 2.45) is 0 Å². The fourth-order valence-electron chi connectivity index (χ4n) is 6.41. The van der Waals surface area contributed by atoms with Crippen LogP contribution < -0.4 is 9.47 Å². The molecule has 0 radical (unpaired) electrons. The summed E-state index contributed by atoms with van der Waals surface area (Å²) in [6, 6.07) is 15.7. The summed E-state index contributed by atoms with van der Waals surface area (Å²) in [4.78, 5) is 9.67. The van der Waals surface area contributed by atoms with Crippen molar-refractivity contribution in [2.75, 3.05) is 47.8 Å². The number of rotatable bonds is 10. The van der Waals surface area contributed by atoms with E-state index in [1.165, 1.54) is 0 Å². The molecule has 3 aromatic carbocycles. The molecule has 0 amide bonds. The number of fused-ring (bicyclic) bond motifs is 2. The minimum atomic E-state index is 0.186. The number of phenolic OH excluding ortho intramolecular Hbond substituents is 1. The van der Waals surface area contributed by atoms with Crippen LogP contribution in [0.3, 0.4) is 0 Å². The number of benzene rings is 3. The summed E-state index contributed by atoms with van der Waals surface area (Å²) in [5, 5.41) is 10.2. The first-order valence-electron chi connectivity index (χ1n) is 16.4. The molecule has 0 atom stereocenters. The van der Waals surface area contributed by atoms with Crippen molar-refractivity contribution in [3.63, 3.8) is 0 Å². The van der Waals surface area contributed by atoms with E-state index in [0.29, 0.717) is 41.9 Å². The van der Waals surface area contributed by atoms with Crippen LogP contribution in [0.4, 0.5) is 0 Å². The Bertz CT molecular complexity index is 1850. The Balaban J connectivity index is 0.000000182. The standard InChI is InChI=1S/C22H25BrN2O4.C14H17BrN2O3/c1-26-14-25-19-8-7-18(23)21(29-13-15-3-5-17(27-2)6-4-15)20(19)24-22(25)16-9-11-28-12-10-16;1-19-8-17-11-3-2-10(15)13(18)12(11)16-14(17)9-4-6-20-7-5-9/h3-8,16H,9-14H2,1-2H3;2-3,9,18H,4-8H2,1H3. The summed E-state index contributed by atoms with van der Waals surface area (Å²) in [5.41, 5.74) is 4.45. The highest BCUT2D eigenvalue weighted by molar-refractivity contribution is 9.11. The van der Waals surface area contributed by atoms with Crippen LogP contribution >= 0.6 is 31.9 Å². The lowest BCUT2D eigenvalue weighted by Gasteiger charge is -2.22. The van der Waals surface area contributed by atoms with E-state index < -0.39 is 0 Å². The molecule has 4 heterocycles. The van der Waals surface area contributed by atoms with Gasteiger partial charge in [0.15, 0.2) is 11.5 Å². The molecule has 2 fully saturated rings. The van der Waals surface area contributed by atoms with Gasteiger partial charge in [0.05, 0.1) is 27.1 Å². The zero-order valence-corrected chi connectivity index (χ0v) is 31.2. The highest BCUT2D eigenvalue weighted by Crippen LogP contribution is 2.38. The Kier molecular flexibility index (Phi) is 12.1. The molecule has 5 aromatic rings. The molecule has 262 valence electrons. The topological polar surface area (TPSA) is 111 Å². The molecule has 0 saturated carbocycles. The van der Waals surface area contributed by atoms with E-state index in [2.05, 4.69) is 47.5 Å². The molecule has 11 nitrogen and oxygen atoms in total. The monoisotopic (exact) mass is 800 g/mol. The Morgan fingerprint density at radius 3 is 1.76 bits per heavy atom. The lowest BCUT2D eigenvalue weighted by molar-refractivity contribution is 0.0788. The van der Waals surface area contributed by atoms with Crippen molar-refractivity contribution < 1.29 is 33.5 Å². The number of hydrogen-bond donors (Lipinski definition) is 1. The van der Waals surface area contributed by atoms with Gasteiger partial charge in [-0.3, -0.25) is 0 Å². The molecule has 0 bridgehead atoms. The molecule has 49 heavy (non-hydrogen) atoms. The second kappa shape index (κ2) is 16.7. The van der Waals surface area contributed by atoms with Crippen LogP contribution in [0.1, 0.15) is 54.7 Å². The highest BCUT2D eigenvalue weighted by Gasteiger charge is 2.26. The van der Waals surface area contributed by atoms with Gasteiger partial charge in [0, 0.05) is 52.5 Å². The SMILES string of the molecule is COCn1c(C2CCOCC2)nc2c(O)c(Br)ccc21.COCn1c(C2CCOCC2)nc2c(OCc3ccc(OC)cc3)c(Br)ccc21. The largest absolute Gasteiger partial charge is 0.504 e. The smallest absolute Gasteiger partial charge is 0.161 e. The average Bonchev–Trinajstić information content (AvgIpc) is 3.70. The van der Waals surface area contributed by atoms with Gasteiger partial charge in [-0.25, -0.2) is 9.97 Å². The quantitative estimate of drug-likeness (QED) is 0.151. The van der Waals surface area contributed by atoms with E-state index in [4.69, 9.17) is 33.4 Å². The summed E-state index contributed by atoms with van der Waals surface area (Å²) < 4.78 is 38.9. The van der Waals surface area contributed by atoms with Crippen LogP contribution in [0.15, 0.2) is 57.5 Å². The Morgan fingerprint density at radius 2 is 1.22 bits per heavy atom. The number of methoxy groups -OCH3 is 3. The number of phenols is 1. The van der Waals surface area contributed by atoms with Gasteiger partial charge in [-0.1, -0.05) is 12.1 Å². The molecule has 0 aliphatic carbocycles. The number of hydrogen-bond acceptors (Lipinski definition) is 9. The molecule has 7 rings (SSSR count). The van der Waals surface area contributed by atoms with E-state index in [9.17, 15) is 5.11 Å². The van der Waals surface area contributed by atoms with Gasteiger partial charge >= 0.3 is 0 Å². The van der Waals surface area contributed by atoms with Crippen molar-refractivity contribution in [3.8, 4) is 17.2 Å². The predicted molar refractivity (Wildman–Crippen MR) is 193 cm³/mol. The second-order valence-corrected chi connectivity index (χ2v) is 13.8. The van der Waals surface area contributed by atoms with Gasteiger partial charge in [0.25, 0.3) is 0 Å². The molecule has 2 aliphatic rings. The molecule has 0 unspecified atom stereocenters. The number of aromatic nitrogens is 4. The van der Waals surface area contributed by atoms with E-state index in [1.54, 1.807) is 21.3 Å². The zero-order valence-electron chi connectivity index (χ0n) is 28.0. The molecule has 2 aromatic heterocycles. The molecule has 2 saturated heterocycles. The van der Waals surface area contributed by atoms with Crippen molar-refractivity contribution in [3.05, 3.63) is 74.7 Å². The summed E-state index contributed by atoms with van der Waals surface area (Å²) in [6.07, 6.45) is 3.84. The molecule has 1 N–H and O–H groups in total. The number of imidazole rings is 2. The fraction of sp³-hybridized carbons (Fsp3) is 0.444. The van der Waals surface area contributed by atoms with Crippen molar-refractivity contribution in [1.29, 1.82) is 0 Å². The summed E-state index contributed by atoms with van der Waals surface area (Å²) in [5.74, 6) is 4.49. The third-order valence-corrected chi connectivity index (χ3v) is 10.2. The van der Waals surface area contributed by atoms with Gasteiger partial charge < -0.3 is 42.7 Å². The van der Waals surface area contributed by atoms with Gasteiger partial charge in [-0.2, -0.15) is 0 Å². The number of halogens is 2. The molecule has 13 heteroatoms. The fourth-order valence-corrected chi connectivity index (χ4v) is 7.16. The number of ether oxygens (including phenoxy) is 6. The van der Waals surface area contributed by atoms with E-state index in [0.717, 1.165) is 102 Å². The summed E-state index contributed by atoms with van der Waals surface area (Å²) in [7, 11) is 5.04. The first kappa shape index (κ1) is 35.6. The van der Waals surface area contributed by atoms with Crippen molar-refractivity contribution in [2.45, 2.75) is 57.6 Å². The normalized spacial score (nSPS) is 15.8. The minimum absolute atomic E-state index is 0.186. The van der Waals surface area contributed by atoms with Gasteiger partial charge in [0.2, 0.25) is 0 Å². The van der Waals surface area contributed by atoms with Gasteiger partial charge in [-0.05, 0) is 99.5 Å². The predicted octanol–water partition coefficient (Wildman–Crippen LogP) is 7.89. The van der Waals surface area contributed by atoms with Gasteiger partial charge in [0.1, 0.15) is 48.5 Å². The van der Waals surface area contributed by atoms with Crippen LogP contribution in [0.25, 0.3) is 22.1 Å². The Hall–Kier alpha value is -3.20. The Labute approximate surface area is 302 Å². The van der Waals surface area contributed by atoms with Crippen molar-refractivity contribution >= 4 is 53.9 Å². The minimum Gasteiger partial charge on any atom is -0.504 e. The van der Waals surface area contributed by atoms with Crippen LogP contribution in [0.2, 0.25) is 0 Å². The maximum Gasteiger partial charge on any atom is 0.161 e. The Morgan fingerprint density at radius 1 is 0.714 bits per heavy atom. The average molecular weight is 803 g/mol.